The molecule has 0 bridgehead atoms. The van der Waals surface area contributed by atoms with E-state index in [0.29, 0.717) is 0 Å². The summed E-state index contributed by atoms with van der Waals surface area (Å²) in [7, 11) is 1.43. The van der Waals surface area contributed by atoms with Crippen molar-refractivity contribution in [3.63, 3.8) is 0 Å². The maximum atomic E-state index is 10.1. The van der Waals surface area contributed by atoms with Crippen LogP contribution < -0.4 is 0 Å². The fourth-order valence-corrected chi connectivity index (χ4v) is 2.31. The molecule has 0 aromatic heterocycles. The number of methoxy groups -OCH3 is 1. The van der Waals surface area contributed by atoms with Gasteiger partial charge in [0.1, 0.15) is 18.3 Å². The van der Waals surface area contributed by atoms with Gasteiger partial charge in [-0.1, -0.05) is 5.11 Å². The second kappa shape index (κ2) is 5.00. The van der Waals surface area contributed by atoms with Crippen molar-refractivity contribution < 1.29 is 24.1 Å². The Bertz CT molecular complexity index is 357. The molecule has 0 aromatic rings. The Balaban J connectivity index is 2.18. The number of rotatable bonds is 3. The standard InChI is InChI=1S/C10H17N3O5/c1-10(2)17-7-5(4-12-13-11)16-9(15-3)6(14)8(7)18-10/h5-9,14H,4H2,1-3H3/t5-,6-,7+,8-,9-/m1/s1. The minimum Gasteiger partial charge on any atom is -0.385 e. The number of aliphatic hydroxyl groups is 1. The van der Waals surface area contributed by atoms with Crippen LogP contribution in [0.4, 0.5) is 0 Å². The van der Waals surface area contributed by atoms with E-state index in [9.17, 15) is 5.11 Å². The molecule has 2 fully saturated rings. The van der Waals surface area contributed by atoms with Crippen LogP contribution in [0.15, 0.2) is 5.11 Å². The summed E-state index contributed by atoms with van der Waals surface area (Å²) in [5, 5.41) is 13.5. The van der Waals surface area contributed by atoms with Gasteiger partial charge in [-0.25, -0.2) is 0 Å². The van der Waals surface area contributed by atoms with Crippen molar-refractivity contribution in [1.82, 2.24) is 0 Å². The van der Waals surface area contributed by atoms with E-state index in [4.69, 9.17) is 24.5 Å². The van der Waals surface area contributed by atoms with Gasteiger partial charge in [0.2, 0.25) is 0 Å². The predicted molar refractivity (Wildman–Crippen MR) is 59.5 cm³/mol. The summed E-state index contributed by atoms with van der Waals surface area (Å²) >= 11 is 0. The normalized spacial score (nSPS) is 42.1. The highest BCUT2D eigenvalue weighted by atomic mass is 16.8. The number of hydrogen-bond acceptors (Lipinski definition) is 6. The lowest BCUT2D eigenvalue weighted by molar-refractivity contribution is -0.266. The summed E-state index contributed by atoms with van der Waals surface area (Å²) in [5.41, 5.74) is 8.37. The van der Waals surface area contributed by atoms with Crippen LogP contribution in [-0.2, 0) is 18.9 Å². The highest BCUT2D eigenvalue weighted by Crippen LogP contribution is 2.37. The first-order valence-electron chi connectivity index (χ1n) is 5.71. The van der Waals surface area contributed by atoms with Crippen LogP contribution in [-0.4, -0.2) is 55.3 Å². The number of ether oxygens (including phenoxy) is 4. The van der Waals surface area contributed by atoms with E-state index in [0.717, 1.165) is 0 Å². The molecular formula is C10H17N3O5. The van der Waals surface area contributed by atoms with Crippen LogP contribution in [0.3, 0.4) is 0 Å². The van der Waals surface area contributed by atoms with Crippen molar-refractivity contribution in [3.05, 3.63) is 10.4 Å². The average molecular weight is 259 g/mol. The molecule has 8 heteroatoms. The molecule has 18 heavy (non-hydrogen) atoms. The Labute approximate surface area is 104 Å². The molecule has 0 unspecified atom stereocenters. The lowest BCUT2D eigenvalue weighted by atomic mass is 9.99. The van der Waals surface area contributed by atoms with Crippen LogP contribution in [0.2, 0.25) is 0 Å². The Kier molecular flexibility index (Phi) is 3.76. The fraction of sp³-hybridized carbons (Fsp3) is 1.00. The topological polar surface area (TPSA) is 106 Å². The molecule has 2 heterocycles. The number of fused-ring (bicyclic) bond motifs is 1. The Hall–Kier alpha value is -0.890. The third-order valence-corrected chi connectivity index (χ3v) is 3.01. The third kappa shape index (κ3) is 2.44. The maximum Gasteiger partial charge on any atom is 0.186 e. The fourth-order valence-electron chi connectivity index (χ4n) is 2.31. The predicted octanol–water partition coefficient (Wildman–Crippen LogP) is 0.549. The Morgan fingerprint density at radius 3 is 2.67 bits per heavy atom. The molecule has 8 nitrogen and oxygen atoms in total. The van der Waals surface area contributed by atoms with Crippen molar-refractivity contribution in [3.8, 4) is 0 Å². The number of aliphatic hydroxyl groups excluding tert-OH is 1. The molecule has 0 aliphatic carbocycles. The molecule has 1 N–H and O–H groups in total. The van der Waals surface area contributed by atoms with Gasteiger partial charge in [-0.05, 0) is 19.4 Å². The minimum atomic E-state index is -0.941. The highest BCUT2D eigenvalue weighted by Gasteiger charge is 2.54. The van der Waals surface area contributed by atoms with Crippen LogP contribution in [0, 0.1) is 0 Å². The van der Waals surface area contributed by atoms with Crippen LogP contribution in [0.1, 0.15) is 13.8 Å². The average Bonchev–Trinajstić information content (AvgIpc) is 2.65. The summed E-state index contributed by atoms with van der Waals surface area (Å²) in [4.78, 5) is 2.70. The molecule has 0 saturated carbocycles. The quantitative estimate of drug-likeness (QED) is 0.452. The molecule has 2 rings (SSSR count). The molecule has 2 saturated heterocycles. The van der Waals surface area contributed by atoms with Crippen LogP contribution in [0.25, 0.3) is 10.4 Å². The van der Waals surface area contributed by atoms with Gasteiger partial charge in [-0.15, -0.1) is 0 Å². The van der Waals surface area contributed by atoms with Gasteiger partial charge >= 0.3 is 0 Å². The van der Waals surface area contributed by atoms with E-state index < -0.39 is 36.5 Å². The minimum absolute atomic E-state index is 0.101. The van der Waals surface area contributed by atoms with Crippen molar-refractivity contribution in [2.45, 2.75) is 50.3 Å². The molecular weight excluding hydrogens is 242 g/mol. The SMILES string of the molecule is CO[C@@H]1O[C@H](CN=[N+]=[N-])[C@@H]2OC(C)(C)O[C@@H]2[C@H]1O. The van der Waals surface area contributed by atoms with Gasteiger partial charge in [0.15, 0.2) is 12.1 Å². The molecule has 0 radical (unpaired) electrons. The van der Waals surface area contributed by atoms with Gasteiger partial charge in [-0.2, -0.15) is 0 Å². The summed E-state index contributed by atoms with van der Waals surface area (Å²) in [6.45, 7) is 3.61. The van der Waals surface area contributed by atoms with E-state index in [1.165, 1.54) is 7.11 Å². The van der Waals surface area contributed by atoms with Crippen LogP contribution >= 0.6 is 0 Å². The summed E-state index contributed by atoms with van der Waals surface area (Å²) in [5.74, 6) is -0.809. The van der Waals surface area contributed by atoms with Gasteiger partial charge < -0.3 is 24.1 Å². The number of azide groups is 1. The summed E-state index contributed by atoms with van der Waals surface area (Å²) in [6.07, 6.45) is -3.29. The number of nitrogens with zero attached hydrogens (tertiary/aromatic N) is 3. The van der Waals surface area contributed by atoms with E-state index in [1.54, 1.807) is 13.8 Å². The first-order valence-corrected chi connectivity index (χ1v) is 5.71. The van der Waals surface area contributed by atoms with Crippen molar-refractivity contribution in [2.24, 2.45) is 5.11 Å². The molecule has 0 spiro atoms. The van der Waals surface area contributed by atoms with E-state index in [1.807, 2.05) is 0 Å². The largest absolute Gasteiger partial charge is 0.385 e. The van der Waals surface area contributed by atoms with Gasteiger partial charge in [0.25, 0.3) is 0 Å². The third-order valence-electron chi connectivity index (χ3n) is 3.01. The molecule has 2 aliphatic rings. The van der Waals surface area contributed by atoms with E-state index >= 15 is 0 Å². The van der Waals surface area contributed by atoms with Crippen molar-refractivity contribution in [1.29, 1.82) is 0 Å². The van der Waals surface area contributed by atoms with Crippen LogP contribution in [0.5, 0.6) is 0 Å². The molecule has 5 atom stereocenters. The van der Waals surface area contributed by atoms with Crippen molar-refractivity contribution >= 4 is 0 Å². The van der Waals surface area contributed by atoms with E-state index in [-0.39, 0.29) is 6.54 Å². The van der Waals surface area contributed by atoms with E-state index in [2.05, 4.69) is 10.0 Å². The summed E-state index contributed by atoms with van der Waals surface area (Å²) in [6, 6.07) is 0. The monoisotopic (exact) mass is 259 g/mol. The summed E-state index contributed by atoms with van der Waals surface area (Å²) < 4.78 is 21.9. The Morgan fingerprint density at radius 1 is 1.39 bits per heavy atom. The zero-order valence-corrected chi connectivity index (χ0v) is 10.5. The first-order chi connectivity index (χ1) is 8.48. The number of hydrogen-bond donors (Lipinski definition) is 1. The second-order valence-corrected chi connectivity index (χ2v) is 4.75. The zero-order valence-electron chi connectivity index (χ0n) is 10.5. The Morgan fingerprint density at radius 2 is 2.06 bits per heavy atom. The van der Waals surface area contributed by atoms with Crippen molar-refractivity contribution in [2.75, 3.05) is 13.7 Å². The second-order valence-electron chi connectivity index (χ2n) is 4.75. The molecule has 0 amide bonds. The van der Waals surface area contributed by atoms with Gasteiger partial charge in [-0.3, -0.25) is 0 Å². The van der Waals surface area contributed by atoms with Gasteiger partial charge in [0.05, 0.1) is 12.6 Å². The van der Waals surface area contributed by atoms with Gasteiger partial charge in [0, 0.05) is 12.0 Å². The molecule has 2 aliphatic heterocycles. The molecule has 0 aromatic carbocycles. The smallest absolute Gasteiger partial charge is 0.186 e. The maximum absolute atomic E-state index is 10.1. The lowest BCUT2D eigenvalue weighted by Gasteiger charge is -2.38. The lowest BCUT2D eigenvalue weighted by Crippen LogP contribution is -2.57. The first kappa shape index (κ1) is 13.5. The highest BCUT2D eigenvalue weighted by molar-refractivity contribution is 4.97. The zero-order chi connectivity index (χ0) is 13.3. The molecule has 102 valence electrons.